The Balaban J connectivity index is -0.00000000200. The molecule has 0 heterocycles. The van der Waals surface area contributed by atoms with E-state index in [-0.39, 0.29) is 70.7 Å². The molecule has 0 rings (SSSR count). The zero-order valence-corrected chi connectivity index (χ0v) is 13.6. The molecule has 3 unspecified atom stereocenters. The topological polar surface area (TPSA) is 0 Å². The van der Waals surface area contributed by atoms with E-state index in [4.69, 9.17) is 0 Å². The summed E-state index contributed by atoms with van der Waals surface area (Å²) in [5.74, 6) is 1.67. The van der Waals surface area contributed by atoms with Crippen molar-refractivity contribution < 1.29 is 0 Å². The Bertz CT molecular complexity index is 20.0. The highest BCUT2D eigenvalue weighted by atomic mass is 79.9. The molecule has 0 saturated heterocycles. The van der Waals surface area contributed by atoms with E-state index in [1.54, 1.807) is 5.82 Å². The standard InChI is InChI=1S/C2H5P.3BrH.2H3P/c1-2-3;;;;;/h2H,1,3H2;3*1H;2*1H3. The normalized spacial score (nSPS) is 1.62. The Labute approximate surface area is 91.8 Å². The van der Waals surface area contributed by atoms with Crippen molar-refractivity contribution >= 4 is 80.0 Å². The van der Waals surface area contributed by atoms with Gasteiger partial charge in [0.15, 0.2) is 0 Å². The summed E-state index contributed by atoms with van der Waals surface area (Å²) in [5.41, 5.74) is 0. The molecular weight excluding hydrogens is 357 g/mol. The van der Waals surface area contributed by atoms with Gasteiger partial charge in [-0.3, -0.25) is 0 Å². The van der Waals surface area contributed by atoms with Gasteiger partial charge in [-0.25, -0.2) is 0 Å². The van der Waals surface area contributed by atoms with E-state index in [1.807, 2.05) is 0 Å². The van der Waals surface area contributed by atoms with Gasteiger partial charge in [-0.1, -0.05) is 12.4 Å². The smallest absolute Gasteiger partial charge is 0.0735 e. The molecule has 8 heavy (non-hydrogen) atoms. The molecule has 0 bridgehead atoms. The summed E-state index contributed by atoms with van der Waals surface area (Å²) < 4.78 is 0. The molecule has 0 amide bonds. The van der Waals surface area contributed by atoms with Crippen LogP contribution in [0.15, 0.2) is 12.4 Å². The van der Waals surface area contributed by atoms with Gasteiger partial charge in [0.25, 0.3) is 0 Å². The molecule has 6 heteroatoms. The van der Waals surface area contributed by atoms with E-state index in [0.717, 1.165) is 0 Å². The monoisotopic (exact) mass is 368 g/mol. The molecule has 58 valence electrons. The highest BCUT2D eigenvalue weighted by Gasteiger charge is 1.13. The minimum atomic E-state index is 0. The number of rotatable bonds is 0. The second-order valence-electron chi connectivity index (χ2n) is 0.236. The van der Waals surface area contributed by atoms with Crippen LogP contribution >= 0.6 is 80.0 Å². The average Bonchev–Trinajstić information content (AvgIpc) is 0.918. The lowest BCUT2D eigenvalue weighted by atomic mass is 11.3. The molecule has 0 radical (unpaired) electrons. The zero-order valence-electron chi connectivity index (χ0n) is 4.50. The molecule has 0 saturated carbocycles. The summed E-state index contributed by atoms with van der Waals surface area (Å²) in [6.07, 6.45) is 0. The van der Waals surface area contributed by atoms with Gasteiger partial charge in [0.1, 0.15) is 0 Å². The number of hydrogen-bond donors (Lipinski definition) is 0. The molecule has 0 N–H and O–H groups in total. The molecule has 0 aliphatic heterocycles. The summed E-state index contributed by atoms with van der Waals surface area (Å²) >= 11 is 0. The second kappa shape index (κ2) is 56.4. The van der Waals surface area contributed by atoms with Gasteiger partial charge in [0, 0.05) is 0 Å². The van der Waals surface area contributed by atoms with Crippen LogP contribution in [0.1, 0.15) is 0 Å². The van der Waals surface area contributed by atoms with Crippen molar-refractivity contribution in [1.29, 1.82) is 0 Å². The van der Waals surface area contributed by atoms with Gasteiger partial charge < -0.3 is 0 Å². The Hall–Kier alpha value is 2.47. The molecule has 0 aromatic rings. The van der Waals surface area contributed by atoms with Crippen molar-refractivity contribution in [2.45, 2.75) is 0 Å². The summed E-state index contributed by atoms with van der Waals surface area (Å²) in [6.45, 7) is 3.32. The third-order valence-corrected chi connectivity index (χ3v) is 0. The molecule has 0 aromatic carbocycles. The fraction of sp³-hybridized carbons (Fsp3) is 0. The van der Waals surface area contributed by atoms with Gasteiger partial charge >= 0.3 is 0 Å². The van der Waals surface area contributed by atoms with Crippen molar-refractivity contribution in [3.05, 3.63) is 12.4 Å². The van der Waals surface area contributed by atoms with E-state index >= 15 is 0 Å². The number of halogens is 3. The molecule has 0 aliphatic rings. The molecule has 0 fully saturated rings. The van der Waals surface area contributed by atoms with E-state index in [9.17, 15) is 0 Å². The molecule has 0 aliphatic carbocycles. The molecule has 0 nitrogen and oxygen atoms in total. The van der Waals surface area contributed by atoms with Crippen LogP contribution in [0, 0.1) is 0 Å². The van der Waals surface area contributed by atoms with Crippen molar-refractivity contribution in [3.8, 4) is 0 Å². The van der Waals surface area contributed by atoms with Crippen molar-refractivity contribution in [3.63, 3.8) is 0 Å². The van der Waals surface area contributed by atoms with Gasteiger partial charge in [-0.15, -0.1) is 60.2 Å². The summed E-state index contributed by atoms with van der Waals surface area (Å²) in [4.78, 5) is 0. The largest absolute Gasteiger partial charge is 0.153 e. The maximum Gasteiger partial charge on any atom is -0.0735 e. The molecular formula is C2H14Br3P3. The van der Waals surface area contributed by atoms with Crippen LogP contribution in [0.4, 0.5) is 0 Å². The van der Waals surface area contributed by atoms with Crippen LogP contribution in [0.5, 0.6) is 0 Å². The first-order chi connectivity index (χ1) is 1.41. The van der Waals surface area contributed by atoms with Crippen molar-refractivity contribution in [2.24, 2.45) is 0 Å². The van der Waals surface area contributed by atoms with Gasteiger partial charge in [0.2, 0.25) is 0 Å². The minimum absolute atomic E-state index is 0. The van der Waals surface area contributed by atoms with E-state index in [0.29, 0.717) is 0 Å². The van der Waals surface area contributed by atoms with Crippen LogP contribution in [0.25, 0.3) is 0 Å². The third kappa shape index (κ3) is 77.5. The van der Waals surface area contributed by atoms with E-state index < -0.39 is 0 Å². The first-order valence-electron chi connectivity index (χ1n) is 0.742. The summed E-state index contributed by atoms with van der Waals surface area (Å²) in [7, 11) is 2.34. The van der Waals surface area contributed by atoms with E-state index in [2.05, 4.69) is 15.8 Å². The van der Waals surface area contributed by atoms with Crippen LogP contribution in [-0.4, -0.2) is 0 Å². The molecule has 0 spiro atoms. The predicted octanol–water partition coefficient (Wildman–Crippen LogP) is 2.85. The van der Waals surface area contributed by atoms with Crippen molar-refractivity contribution in [1.82, 2.24) is 0 Å². The van der Waals surface area contributed by atoms with Crippen molar-refractivity contribution in [2.75, 3.05) is 0 Å². The maximum atomic E-state index is 3.32. The third-order valence-electron chi connectivity index (χ3n) is 0. The molecule has 0 aromatic heterocycles. The second-order valence-corrected chi connectivity index (χ2v) is 0.707. The Morgan fingerprint density at radius 2 is 1.00 bits per heavy atom. The highest BCUT2D eigenvalue weighted by molar-refractivity contribution is 8.93. The average molecular weight is 371 g/mol. The lowest BCUT2D eigenvalue weighted by Crippen LogP contribution is -0.892. The predicted molar refractivity (Wildman–Crippen MR) is 73.1 cm³/mol. The summed E-state index contributed by atoms with van der Waals surface area (Å²) in [6, 6.07) is 0. The Morgan fingerprint density at radius 3 is 1.00 bits per heavy atom. The van der Waals surface area contributed by atoms with Crippen LogP contribution in [0.3, 0.4) is 0 Å². The SMILES string of the molecule is Br.Br.Br.C=CP.P.P. The van der Waals surface area contributed by atoms with Gasteiger partial charge in [-0.2, -0.15) is 19.8 Å². The first-order valence-corrected chi connectivity index (χ1v) is 1.41. The van der Waals surface area contributed by atoms with Gasteiger partial charge in [0.05, 0.1) is 0 Å². The van der Waals surface area contributed by atoms with Gasteiger partial charge in [-0.05, 0) is 0 Å². The van der Waals surface area contributed by atoms with Crippen LogP contribution < -0.4 is 0 Å². The first kappa shape index (κ1) is 47.0. The van der Waals surface area contributed by atoms with Crippen LogP contribution in [0.2, 0.25) is 0 Å². The minimum Gasteiger partial charge on any atom is -0.153 e. The number of hydrogen-bond acceptors (Lipinski definition) is 0. The van der Waals surface area contributed by atoms with Crippen LogP contribution in [-0.2, 0) is 0 Å². The Morgan fingerprint density at radius 1 is 1.00 bits per heavy atom. The Kier molecular flexibility index (Phi) is 331. The fourth-order valence-electron chi connectivity index (χ4n) is 0. The summed E-state index contributed by atoms with van der Waals surface area (Å²) in [5, 5.41) is 0. The lowest BCUT2D eigenvalue weighted by molar-refractivity contribution is 2.68. The van der Waals surface area contributed by atoms with E-state index in [1.165, 1.54) is 0 Å². The lowest BCUT2D eigenvalue weighted by Gasteiger charge is -1.32. The quantitative estimate of drug-likeness (QED) is 0.575. The fourth-order valence-corrected chi connectivity index (χ4v) is 0. The molecule has 3 atom stereocenters. The maximum absolute atomic E-state index is 3.32. The highest BCUT2D eigenvalue weighted by Crippen LogP contribution is 1.69. The zero-order chi connectivity index (χ0) is 2.71.